The van der Waals surface area contributed by atoms with Crippen LogP contribution in [0.3, 0.4) is 0 Å². The highest BCUT2D eigenvalue weighted by Crippen LogP contribution is 2.42. The molecule has 0 saturated heterocycles. The van der Waals surface area contributed by atoms with Crippen molar-refractivity contribution < 1.29 is 13.9 Å². The molecule has 3 nitrogen and oxygen atoms in total. The Kier molecular flexibility index (Phi) is 7.39. The number of hydrogen-bond acceptors (Lipinski definition) is 3. The highest BCUT2D eigenvalue weighted by atomic mass is 28.4. The molecule has 1 aromatic heterocycles. The molecule has 0 unspecified atom stereocenters. The Hall–Kier alpha value is -1.56. The lowest BCUT2D eigenvalue weighted by atomic mass is 9.88. The fourth-order valence-electron chi connectivity index (χ4n) is 4.31. The SMILES string of the molecule is CCc1nc(C2CCCC2)c(CO)c(-c2ccc(F)cc2)c1CO[Si](C)(C)C(C)(C)C. The molecule has 31 heavy (non-hydrogen) atoms. The van der Waals surface area contributed by atoms with E-state index < -0.39 is 8.32 Å². The summed E-state index contributed by atoms with van der Waals surface area (Å²) >= 11 is 0. The van der Waals surface area contributed by atoms with Crippen LogP contribution in [0, 0.1) is 5.82 Å². The van der Waals surface area contributed by atoms with E-state index >= 15 is 0 Å². The molecule has 0 spiro atoms. The van der Waals surface area contributed by atoms with Gasteiger partial charge in [-0.05, 0) is 60.7 Å². The predicted octanol–water partition coefficient (Wildman–Crippen LogP) is 7.12. The first kappa shape index (κ1) is 24.1. The molecule has 0 amide bonds. The molecule has 0 atom stereocenters. The normalized spacial score (nSPS) is 15.6. The van der Waals surface area contributed by atoms with E-state index in [0.29, 0.717) is 12.5 Å². The van der Waals surface area contributed by atoms with Crippen molar-refractivity contribution in [1.82, 2.24) is 4.98 Å². The van der Waals surface area contributed by atoms with Gasteiger partial charge in [0, 0.05) is 28.4 Å². The molecule has 1 heterocycles. The van der Waals surface area contributed by atoms with E-state index in [-0.39, 0.29) is 17.5 Å². The Balaban J connectivity index is 2.18. The molecule has 1 N–H and O–H groups in total. The summed E-state index contributed by atoms with van der Waals surface area (Å²) in [5.41, 5.74) is 5.93. The third-order valence-electron chi connectivity index (χ3n) is 7.27. The number of aliphatic hydroxyl groups is 1. The monoisotopic (exact) mass is 443 g/mol. The summed E-state index contributed by atoms with van der Waals surface area (Å²) < 4.78 is 20.3. The van der Waals surface area contributed by atoms with E-state index in [4.69, 9.17) is 9.41 Å². The van der Waals surface area contributed by atoms with Crippen LogP contribution in [0.1, 0.15) is 81.8 Å². The topological polar surface area (TPSA) is 42.4 Å². The zero-order valence-electron chi connectivity index (χ0n) is 20.0. The molecule has 1 aliphatic rings. The quantitative estimate of drug-likeness (QED) is 0.463. The fourth-order valence-corrected chi connectivity index (χ4v) is 5.25. The second-order valence-corrected chi connectivity index (χ2v) is 15.1. The van der Waals surface area contributed by atoms with Crippen LogP contribution < -0.4 is 0 Å². The lowest BCUT2D eigenvalue weighted by Gasteiger charge is -2.36. The van der Waals surface area contributed by atoms with E-state index in [1.807, 2.05) is 12.1 Å². The van der Waals surface area contributed by atoms with Gasteiger partial charge in [0.1, 0.15) is 5.82 Å². The molecule has 170 valence electrons. The summed E-state index contributed by atoms with van der Waals surface area (Å²) in [6.07, 6.45) is 5.45. The van der Waals surface area contributed by atoms with Gasteiger partial charge in [-0.1, -0.05) is 52.7 Å². The minimum absolute atomic E-state index is 0.0668. The van der Waals surface area contributed by atoms with Gasteiger partial charge in [-0.2, -0.15) is 0 Å². The maximum atomic E-state index is 13.7. The van der Waals surface area contributed by atoms with Gasteiger partial charge < -0.3 is 9.53 Å². The van der Waals surface area contributed by atoms with E-state index in [1.54, 1.807) is 0 Å². The number of benzene rings is 1. The van der Waals surface area contributed by atoms with Crippen molar-refractivity contribution in [3.05, 3.63) is 52.6 Å². The number of hydrogen-bond donors (Lipinski definition) is 1. The van der Waals surface area contributed by atoms with Crippen molar-refractivity contribution in [2.24, 2.45) is 0 Å². The first-order valence-electron chi connectivity index (χ1n) is 11.6. The Morgan fingerprint density at radius 1 is 1.10 bits per heavy atom. The molecule has 3 rings (SSSR count). The van der Waals surface area contributed by atoms with E-state index in [2.05, 4.69) is 40.8 Å². The van der Waals surface area contributed by atoms with E-state index in [9.17, 15) is 9.50 Å². The van der Waals surface area contributed by atoms with Crippen molar-refractivity contribution in [3.63, 3.8) is 0 Å². The Labute approximate surface area is 188 Å². The lowest BCUT2D eigenvalue weighted by Crippen LogP contribution is -2.40. The molecular formula is C26H38FNO2Si. The summed E-state index contributed by atoms with van der Waals surface area (Å²) in [7, 11) is -1.97. The third kappa shape index (κ3) is 5.10. The minimum Gasteiger partial charge on any atom is -0.412 e. The standard InChI is InChI=1S/C26H38FNO2Si/c1-7-23-22(17-30-31(5,6)26(2,3)4)24(18-12-14-20(27)15-13-18)21(16-29)25(28-23)19-10-8-9-11-19/h12-15,19,29H,7-11,16-17H2,1-6H3. The van der Waals surface area contributed by atoms with Crippen LogP contribution >= 0.6 is 0 Å². The van der Waals surface area contributed by atoms with Crippen LogP contribution in [0.2, 0.25) is 18.1 Å². The molecule has 5 heteroatoms. The first-order valence-corrected chi connectivity index (χ1v) is 14.5. The number of nitrogens with zero attached hydrogens (tertiary/aromatic N) is 1. The number of aromatic nitrogens is 1. The van der Waals surface area contributed by atoms with Gasteiger partial charge in [-0.25, -0.2) is 4.39 Å². The summed E-state index contributed by atoms with van der Waals surface area (Å²) in [6, 6.07) is 6.63. The largest absolute Gasteiger partial charge is 0.412 e. The van der Waals surface area contributed by atoms with Crippen molar-refractivity contribution in [1.29, 1.82) is 0 Å². The maximum absolute atomic E-state index is 13.7. The van der Waals surface area contributed by atoms with E-state index in [1.165, 1.54) is 25.0 Å². The number of aryl methyl sites for hydroxylation is 1. The number of pyridine rings is 1. The Morgan fingerprint density at radius 2 is 1.71 bits per heavy atom. The molecule has 0 bridgehead atoms. The predicted molar refractivity (Wildman–Crippen MR) is 128 cm³/mol. The summed E-state index contributed by atoms with van der Waals surface area (Å²) in [5, 5.41) is 10.6. The molecular weight excluding hydrogens is 405 g/mol. The van der Waals surface area contributed by atoms with Crippen molar-refractivity contribution >= 4 is 8.32 Å². The average Bonchev–Trinajstić information content (AvgIpc) is 3.25. The van der Waals surface area contributed by atoms with Crippen LogP contribution in [0.15, 0.2) is 24.3 Å². The Morgan fingerprint density at radius 3 is 2.23 bits per heavy atom. The van der Waals surface area contributed by atoms with Gasteiger partial charge in [-0.15, -0.1) is 0 Å². The smallest absolute Gasteiger partial charge is 0.192 e. The number of halogens is 1. The van der Waals surface area contributed by atoms with Crippen LogP contribution in [0.25, 0.3) is 11.1 Å². The molecule has 2 aromatic rings. The van der Waals surface area contributed by atoms with Crippen LogP contribution in [0.4, 0.5) is 4.39 Å². The van der Waals surface area contributed by atoms with Crippen molar-refractivity contribution in [2.45, 2.75) is 97.1 Å². The molecule has 0 aliphatic heterocycles. The Bertz CT molecular complexity index is 897. The van der Waals surface area contributed by atoms with Crippen molar-refractivity contribution in [3.8, 4) is 11.1 Å². The van der Waals surface area contributed by atoms with Crippen molar-refractivity contribution in [2.75, 3.05) is 0 Å². The third-order valence-corrected chi connectivity index (χ3v) is 11.7. The highest BCUT2D eigenvalue weighted by Gasteiger charge is 2.37. The molecule has 1 saturated carbocycles. The van der Waals surface area contributed by atoms with Gasteiger partial charge in [0.25, 0.3) is 0 Å². The molecule has 0 radical (unpaired) electrons. The van der Waals surface area contributed by atoms with Gasteiger partial charge in [0.2, 0.25) is 0 Å². The van der Waals surface area contributed by atoms with Crippen LogP contribution in [-0.4, -0.2) is 18.4 Å². The second kappa shape index (κ2) is 9.51. The second-order valence-electron chi connectivity index (χ2n) is 10.3. The summed E-state index contributed by atoms with van der Waals surface area (Å²) in [5.74, 6) is 0.135. The van der Waals surface area contributed by atoms with Gasteiger partial charge in [-0.3, -0.25) is 4.98 Å². The summed E-state index contributed by atoms with van der Waals surface area (Å²) in [6.45, 7) is 13.8. The molecule has 1 fully saturated rings. The molecule has 1 aliphatic carbocycles. The van der Waals surface area contributed by atoms with Gasteiger partial charge in [0.05, 0.1) is 13.2 Å². The average molecular weight is 444 g/mol. The zero-order valence-corrected chi connectivity index (χ0v) is 21.0. The number of aliphatic hydroxyl groups excluding tert-OH is 1. The molecule has 1 aromatic carbocycles. The summed E-state index contributed by atoms with van der Waals surface area (Å²) in [4.78, 5) is 5.11. The lowest BCUT2D eigenvalue weighted by molar-refractivity contribution is 0.270. The van der Waals surface area contributed by atoms with Crippen LogP contribution in [-0.2, 0) is 24.1 Å². The number of rotatable bonds is 7. The van der Waals surface area contributed by atoms with E-state index in [0.717, 1.165) is 52.9 Å². The first-order chi connectivity index (χ1) is 14.6. The van der Waals surface area contributed by atoms with Gasteiger partial charge in [0.15, 0.2) is 8.32 Å². The zero-order chi connectivity index (χ0) is 22.8. The van der Waals surface area contributed by atoms with Gasteiger partial charge >= 0.3 is 0 Å². The highest BCUT2D eigenvalue weighted by molar-refractivity contribution is 6.74. The maximum Gasteiger partial charge on any atom is 0.192 e. The minimum atomic E-state index is -1.97. The van der Waals surface area contributed by atoms with Crippen LogP contribution in [0.5, 0.6) is 0 Å². The fraction of sp³-hybridized carbons (Fsp3) is 0.577.